The van der Waals surface area contributed by atoms with E-state index in [4.69, 9.17) is 10.3 Å². The van der Waals surface area contributed by atoms with Gasteiger partial charge in [-0.25, -0.2) is 0 Å². The molecule has 2 rings (SSSR count). The lowest BCUT2D eigenvalue weighted by Crippen LogP contribution is -2.24. The van der Waals surface area contributed by atoms with Crippen LogP contribution in [-0.2, 0) is 0 Å². The van der Waals surface area contributed by atoms with Crippen LogP contribution in [0, 0.1) is 6.92 Å². The molecule has 0 fully saturated rings. The van der Waals surface area contributed by atoms with Crippen LogP contribution in [0.1, 0.15) is 37.6 Å². The number of aromatic nitrogens is 2. The summed E-state index contributed by atoms with van der Waals surface area (Å²) in [5.41, 5.74) is 8.05. The molecule has 0 bridgehead atoms. The van der Waals surface area contributed by atoms with Crippen molar-refractivity contribution in [2.24, 2.45) is 5.73 Å². The Labute approximate surface area is 121 Å². The van der Waals surface area contributed by atoms with E-state index in [1.807, 2.05) is 32.0 Å². The fraction of sp³-hybridized carbons (Fsp3) is 0.429. The van der Waals surface area contributed by atoms with E-state index in [0.29, 0.717) is 11.7 Å². The Morgan fingerprint density at radius 1 is 1.42 bits per heavy atom. The summed E-state index contributed by atoms with van der Waals surface area (Å²) in [6.07, 6.45) is 0.886. The summed E-state index contributed by atoms with van der Waals surface area (Å²) in [4.78, 5) is 4.47. The van der Waals surface area contributed by atoms with E-state index >= 15 is 0 Å². The standard InChI is InChI=1S/C14H18BrN3O/c1-4-11(9(3)16)14-17-13(18-19-14)10-6-5-8(2)12(15)7-10/h5-7,9,11H,4,16H2,1-3H3. The lowest BCUT2D eigenvalue weighted by Gasteiger charge is -2.13. The van der Waals surface area contributed by atoms with E-state index in [2.05, 4.69) is 33.0 Å². The van der Waals surface area contributed by atoms with Crippen molar-refractivity contribution in [2.45, 2.75) is 39.2 Å². The maximum absolute atomic E-state index is 5.94. The molecule has 1 aromatic carbocycles. The molecule has 4 nitrogen and oxygen atoms in total. The molecule has 0 aliphatic heterocycles. The van der Waals surface area contributed by atoms with Crippen molar-refractivity contribution in [3.8, 4) is 11.4 Å². The summed E-state index contributed by atoms with van der Waals surface area (Å²) in [6, 6.07) is 6.01. The van der Waals surface area contributed by atoms with E-state index in [1.165, 1.54) is 5.56 Å². The quantitative estimate of drug-likeness (QED) is 0.932. The summed E-state index contributed by atoms with van der Waals surface area (Å²) in [5.74, 6) is 1.33. The first-order valence-electron chi connectivity index (χ1n) is 6.38. The summed E-state index contributed by atoms with van der Waals surface area (Å²) in [7, 11) is 0. The molecule has 0 spiro atoms. The van der Waals surface area contributed by atoms with Gasteiger partial charge in [0.15, 0.2) is 0 Å². The third-order valence-corrected chi connectivity index (χ3v) is 4.12. The first-order valence-corrected chi connectivity index (χ1v) is 7.18. The van der Waals surface area contributed by atoms with Gasteiger partial charge in [-0.2, -0.15) is 4.98 Å². The van der Waals surface area contributed by atoms with Crippen molar-refractivity contribution < 1.29 is 4.52 Å². The topological polar surface area (TPSA) is 64.9 Å². The van der Waals surface area contributed by atoms with Gasteiger partial charge in [-0.05, 0) is 31.9 Å². The van der Waals surface area contributed by atoms with Gasteiger partial charge in [0.25, 0.3) is 0 Å². The second-order valence-electron chi connectivity index (χ2n) is 4.79. The second-order valence-corrected chi connectivity index (χ2v) is 5.65. The van der Waals surface area contributed by atoms with Gasteiger partial charge < -0.3 is 10.3 Å². The van der Waals surface area contributed by atoms with Crippen molar-refractivity contribution in [3.63, 3.8) is 0 Å². The molecule has 2 unspecified atom stereocenters. The molecule has 2 aromatic rings. The molecule has 2 N–H and O–H groups in total. The molecule has 0 saturated heterocycles. The Balaban J connectivity index is 2.32. The lowest BCUT2D eigenvalue weighted by atomic mass is 9.99. The molecule has 0 aliphatic carbocycles. The third-order valence-electron chi connectivity index (χ3n) is 3.26. The highest BCUT2D eigenvalue weighted by atomic mass is 79.9. The number of aryl methyl sites for hydroxylation is 1. The number of rotatable bonds is 4. The molecule has 102 valence electrons. The first-order chi connectivity index (χ1) is 9.02. The molecular formula is C14H18BrN3O. The minimum absolute atomic E-state index is 0.00283. The Kier molecular flexibility index (Phi) is 4.37. The molecular weight excluding hydrogens is 306 g/mol. The molecule has 0 radical (unpaired) electrons. The highest BCUT2D eigenvalue weighted by molar-refractivity contribution is 9.10. The molecule has 0 aliphatic rings. The third kappa shape index (κ3) is 3.04. The van der Waals surface area contributed by atoms with Crippen molar-refractivity contribution in [3.05, 3.63) is 34.1 Å². The maximum Gasteiger partial charge on any atom is 0.231 e. The van der Waals surface area contributed by atoms with Gasteiger partial charge in [0.05, 0.1) is 5.92 Å². The van der Waals surface area contributed by atoms with Gasteiger partial charge >= 0.3 is 0 Å². The highest BCUT2D eigenvalue weighted by Gasteiger charge is 2.21. The molecule has 5 heteroatoms. The fourth-order valence-corrected chi connectivity index (χ4v) is 2.39. The van der Waals surface area contributed by atoms with E-state index in [9.17, 15) is 0 Å². The molecule has 0 amide bonds. The largest absolute Gasteiger partial charge is 0.339 e. The van der Waals surface area contributed by atoms with Crippen molar-refractivity contribution >= 4 is 15.9 Å². The van der Waals surface area contributed by atoms with Crippen LogP contribution in [0.3, 0.4) is 0 Å². The normalized spacial score (nSPS) is 14.4. The van der Waals surface area contributed by atoms with Crippen LogP contribution in [-0.4, -0.2) is 16.2 Å². The van der Waals surface area contributed by atoms with Gasteiger partial charge in [0.1, 0.15) is 0 Å². The zero-order chi connectivity index (χ0) is 14.0. The number of nitrogens with two attached hydrogens (primary N) is 1. The monoisotopic (exact) mass is 323 g/mol. The second kappa shape index (κ2) is 5.84. The van der Waals surface area contributed by atoms with Crippen molar-refractivity contribution in [1.29, 1.82) is 0 Å². The van der Waals surface area contributed by atoms with Gasteiger partial charge in [0.2, 0.25) is 11.7 Å². The average Bonchev–Trinajstić information content (AvgIpc) is 2.82. The minimum atomic E-state index is 0.00283. The van der Waals surface area contributed by atoms with E-state index in [-0.39, 0.29) is 12.0 Å². The predicted octanol–water partition coefficient (Wildman–Crippen LogP) is 3.65. The number of benzene rings is 1. The number of hydrogen-bond donors (Lipinski definition) is 1. The van der Waals surface area contributed by atoms with Crippen LogP contribution in [0.15, 0.2) is 27.2 Å². The Bertz CT molecular complexity index is 566. The van der Waals surface area contributed by atoms with Crippen molar-refractivity contribution in [1.82, 2.24) is 10.1 Å². The van der Waals surface area contributed by atoms with Crippen LogP contribution >= 0.6 is 15.9 Å². The molecule has 1 heterocycles. The zero-order valence-electron chi connectivity index (χ0n) is 11.4. The van der Waals surface area contributed by atoms with Gasteiger partial charge in [0, 0.05) is 16.1 Å². The van der Waals surface area contributed by atoms with Crippen LogP contribution in [0.2, 0.25) is 0 Å². The summed E-state index contributed by atoms with van der Waals surface area (Å²) >= 11 is 3.51. The van der Waals surface area contributed by atoms with Crippen LogP contribution in [0.4, 0.5) is 0 Å². The Morgan fingerprint density at radius 3 is 2.74 bits per heavy atom. The van der Waals surface area contributed by atoms with Gasteiger partial charge in [-0.1, -0.05) is 40.1 Å². The van der Waals surface area contributed by atoms with E-state index in [1.54, 1.807) is 0 Å². The van der Waals surface area contributed by atoms with Crippen LogP contribution in [0.5, 0.6) is 0 Å². The minimum Gasteiger partial charge on any atom is -0.339 e. The molecule has 2 atom stereocenters. The maximum atomic E-state index is 5.94. The van der Waals surface area contributed by atoms with Gasteiger partial charge in [-0.15, -0.1) is 0 Å². The highest BCUT2D eigenvalue weighted by Crippen LogP contribution is 2.26. The summed E-state index contributed by atoms with van der Waals surface area (Å²) in [6.45, 7) is 6.07. The summed E-state index contributed by atoms with van der Waals surface area (Å²) < 4.78 is 6.38. The average molecular weight is 324 g/mol. The van der Waals surface area contributed by atoms with E-state index < -0.39 is 0 Å². The first kappa shape index (κ1) is 14.2. The number of nitrogens with zero attached hydrogens (tertiary/aromatic N) is 2. The molecule has 1 aromatic heterocycles. The number of hydrogen-bond acceptors (Lipinski definition) is 4. The lowest BCUT2D eigenvalue weighted by molar-refractivity contribution is 0.334. The van der Waals surface area contributed by atoms with Crippen LogP contribution < -0.4 is 5.73 Å². The zero-order valence-corrected chi connectivity index (χ0v) is 12.9. The van der Waals surface area contributed by atoms with Crippen LogP contribution in [0.25, 0.3) is 11.4 Å². The Morgan fingerprint density at radius 2 is 2.16 bits per heavy atom. The predicted molar refractivity (Wildman–Crippen MR) is 78.9 cm³/mol. The molecule has 19 heavy (non-hydrogen) atoms. The molecule has 0 saturated carbocycles. The smallest absolute Gasteiger partial charge is 0.231 e. The SMILES string of the molecule is CCC(c1nc(-c2ccc(C)c(Br)c2)no1)C(C)N. The van der Waals surface area contributed by atoms with E-state index in [0.717, 1.165) is 16.5 Å². The Hall–Kier alpha value is -1.20. The fourth-order valence-electron chi connectivity index (χ4n) is 2.01. The van der Waals surface area contributed by atoms with Gasteiger partial charge in [-0.3, -0.25) is 0 Å². The number of halogens is 1. The van der Waals surface area contributed by atoms with Crippen molar-refractivity contribution in [2.75, 3.05) is 0 Å². The summed E-state index contributed by atoms with van der Waals surface area (Å²) in [5, 5.41) is 4.05.